The van der Waals surface area contributed by atoms with Gasteiger partial charge in [0.05, 0.1) is 11.4 Å². The SMILES string of the molecule is c1ccc(-c2nc3ccccn3c2-c2ccc(-c3ccc(-c4ccc5ccccc5c4)cc3)cc2)nc1. The fraction of sp³-hybridized carbons (Fsp3) is 0. The molecular weight excluding hydrogens is 450 g/mol. The first-order valence-corrected chi connectivity index (χ1v) is 12.4. The number of hydrogen-bond donors (Lipinski definition) is 0. The van der Waals surface area contributed by atoms with E-state index in [0.29, 0.717) is 0 Å². The van der Waals surface area contributed by atoms with Crippen molar-refractivity contribution in [3.63, 3.8) is 0 Å². The normalized spacial score (nSPS) is 11.2. The van der Waals surface area contributed by atoms with E-state index in [4.69, 9.17) is 4.98 Å². The summed E-state index contributed by atoms with van der Waals surface area (Å²) in [6.07, 6.45) is 3.87. The highest BCUT2D eigenvalue weighted by Crippen LogP contribution is 2.33. The Bertz CT molecular complexity index is 1850. The number of benzene rings is 4. The van der Waals surface area contributed by atoms with Crippen LogP contribution in [0.4, 0.5) is 0 Å². The van der Waals surface area contributed by atoms with Crippen molar-refractivity contribution in [2.75, 3.05) is 0 Å². The Morgan fingerprint density at radius 3 is 1.84 bits per heavy atom. The van der Waals surface area contributed by atoms with E-state index < -0.39 is 0 Å². The van der Waals surface area contributed by atoms with Gasteiger partial charge in [-0.2, -0.15) is 0 Å². The van der Waals surface area contributed by atoms with Crippen LogP contribution in [0.3, 0.4) is 0 Å². The lowest BCUT2D eigenvalue weighted by molar-refractivity contribution is 1.19. The van der Waals surface area contributed by atoms with Gasteiger partial charge in [0.1, 0.15) is 11.3 Å². The number of imidazole rings is 1. The van der Waals surface area contributed by atoms with Crippen LogP contribution in [-0.4, -0.2) is 14.4 Å². The molecule has 0 aliphatic rings. The van der Waals surface area contributed by atoms with Gasteiger partial charge in [-0.25, -0.2) is 4.98 Å². The molecule has 0 aliphatic carbocycles. The summed E-state index contributed by atoms with van der Waals surface area (Å²) in [7, 11) is 0. The molecule has 7 rings (SSSR count). The molecule has 3 heteroatoms. The zero-order valence-corrected chi connectivity index (χ0v) is 20.1. The molecular formula is C34H23N3. The zero-order chi connectivity index (χ0) is 24.6. The highest BCUT2D eigenvalue weighted by molar-refractivity contribution is 5.87. The number of hydrogen-bond acceptors (Lipinski definition) is 2. The van der Waals surface area contributed by atoms with Gasteiger partial charge in [0.2, 0.25) is 0 Å². The quantitative estimate of drug-likeness (QED) is 0.256. The number of nitrogens with zero attached hydrogens (tertiary/aromatic N) is 3. The molecule has 3 nitrogen and oxygen atoms in total. The zero-order valence-electron chi connectivity index (χ0n) is 20.1. The molecule has 0 bridgehead atoms. The second-order valence-electron chi connectivity index (χ2n) is 9.17. The van der Waals surface area contributed by atoms with Gasteiger partial charge in [0, 0.05) is 18.0 Å². The minimum Gasteiger partial charge on any atom is -0.299 e. The van der Waals surface area contributed by atoms with E-state index in [1.807, 2.05) is 42.6 Å². The lowest BCUT2D eigenvalue weighted by Gasteiger charge is -2.09. The standard InChI is InChI=1S/C34H23N3/c1-2-8-29-23-30(20-17-24(29)7-1)27-13-11-25(12-14-27)26-15-18-28(19-16-26)34-33(31-9-3-5-21-35-31)36-32-10-4-6-22-37(32)34/h1-23H. The highest BCUT2D eigenvalue weighted by Gasteiger charge is 2.16. The summed E-state index contributed by atoms with van der Waals surface area (Å²) in [4.78, 5) is 9.47. The average Bonchev–Trinajstić information content (AvgIpc) is 3.37. The van der Waals surface area contributed by atoms with Gasteiger partial charge in [-0.1, -0.05) is 97.1 Å². The van der Waals surface area contributed by atoms with Crippen molar-refractivity contribution >= 4 is 16.4 Å². The first-order valence-electron chi connectivity index (χ1n) is 12.4. The van der Waals surface area contributed by atoms with Crippen molar-refractivity contribution in [1.82, 2.24) is 14.4 Å². The molecule has 3 heterocycles. The van der Waals surface area contributed by atoms with Gasteiger partial charge in [0.25, 0.3) is 0 Å². The summed E-state index contributed by atoms with van der Waals surface area (Å²) in [6, 6.07) is 44.7. The highest BCUT2D eigenvalue weighted by atomic mass is 15.0. The fourth-order valence-electron chi connectivity index (χ4n) is 5.00. The summed E-state index contributed by atoms with van der Waals surface area (Å²) >= 11 is 0. The van der Waals surface area contributed by atoms with Gasteiger partial charge in [-0.3, -0.25) is 9.38 Å². The van der Waals surface area contributed by atoms with Crippen molar-refractivity contribution in [2.45, 2.75) is 0 Å². The average molecular weight is 474 g/mol. The smallest absolute Gasteiger partial charge is 0.138 e. The number of rotatable bonds is 4. The van der Waals surface area contributed by atoms with Crippen LogP contribution >= 0.6 is 0 Å². The largest absolute Gasteiger partial charge is 0.299 e. The second kappa shape index (κ2) is 8.89. The molecule has 3 aromatic heterocycles. The molecule has 0 amide bonds. The summed E-state index contributed by atoms with van der Waals surface area (Å²) in [5.41, 5.74) is 9.65. The Kier molecular flexibility index (Phi) is 5.11. The van der Waals surface area contributed by atoms with Crippen molar-refractivity contribution < 1.29 is 0 Å². The van der Waals surface area contributed by atoms with E-state index in [-0.39, 0.29) is 0 Å². The molecule has 174 valence electrons. The maximum atomic E-state index is 4.90. The molecule has 0 saturated carbocycles. The predicted octanol–water partition coefficient (Wildman–Crippen LogP) is 8.55. The maximum Gasteiger partial charge on any atom is 0.138 e. The molecule has 0 spiro atoms. The van der Waals surface area contributed by atoms with Crippen LogP contribution in [0.5, 0.6) is 0 Å². The van der Waals surface area contributed by atoms with Crippen LogP contribution in [-0.2, 0) is 0 Å². The number of aromatic nitrogens is 3. The van der Waals surface area contributed by atoms with Gasteiger partial charge in [0.15, 0.2) is 0 Å². The molecule has 0 atom stereocenters. The van der Waals surface area contributed by atoms with Crippen LogP contribution < -0.4 is 0 Å². The van der Waals surface area contributed by atoms with E-state index in [2.05, 4.69) is 107 Å². The summed E-state index contributed by atoms with van der Waals surface area (Å²) in [5.74, 6) is 0. The molecule has 0 radical (unpaired) electrons. The Hall–Kier alpha value is -5.02. The Morgan fingerprint density at radius 1 is 0.486 bits per heavy atom. The fourth-order valence-corrected chi connectivity index (χ4v) is 5.00. The predicted molar refractivity (Wildman–Crippen MR) is 152 cm³/mol. The van der Waals surface area contributed by atoms with E-state index in [9.17, 15) is 0 Å². The number of pyridine rings is 2. The molecule has 0 fully saturated rings. The van der Waals surface area contributed by atoms with Crippen LogP contribution in [0, 0.1) is 0 Å². The summed E-state index contributed by atoms with van der Waals surface area (Å²) in [6.45, 7) is 0. The third-order valence-electron chi connectivity index (χ3n) is 6.90. The Morgan fingerprint density at radius 2 is 1.11 bits per heavy atom. The van der Waals surface area contributed by atoms with Gasteiger partial charge in [-0.15, -0.1) is 0 Å². The molecule has 0 aliphatic heterocycles. The lowest BCUT2D eigenvalue weighted by atomic mass is 9.97. The van der Waals surface area contributed by atoms with E-state index >= 15 is 0 Å². The van der Waals surface area contributed by atoms with Gasteiger partial charge in [-0.05, 0) is 63.4 Å². The molecule has 0 saturated heterocycles. The molecule has 37 heavy (non-hydrogen) atoms. The van der Waals surface area contributed by atoms with Crippen LogP contribution in [0.2, 0.25) is 0 Å². The van der Waals surface area contributed by atoms with Crippen LogP contribution in [0.25, 0.3) is 61.3 Å². The number of fused-ring (bicyclic) bond motifs is 2. The molecule has 0 N–H and O–H groups in total. The summed E-state index contributed by atoms with van der Waals surface area (Å²) < 4.78 is 2.14. The minimum absolute atomic E-state index is 0.870. The van der Waals surface area contributed by atoms with Gasteiger partial charge >= 0.3 is 0 Å². The minimum atomic E-state index is 0.870. The Balaban J connectivity index is 1.23. The van der Waals surface area contributed by atoms with Crippen molar-refractivity contribution in [1.29, 1.82) is 0 Å². The lowest BCUT2D eigenvalue weighted by Crippen LogP contribution is -1.90. The molecule has 4 aromatic carbocycles. The van der Waals surface area contributed by atoms with Crippen LogP contribution in [0.1, 0.15) is 0 Å². The van der Waals surface area contributed by atoms with E-state index in [1.54, 1.807) is 0 Å². The van der Waals surface area contributed by atoms with E-state index in [1.165, 1.54) is 33.0 Å². The molecule has 7 aromatic rings. The van der Waals surface area contributed by atoms with Crippen molar-refractivity contribution in [2.24, 2.45) is 0 Å². The third-order valence-corrected chi connectivity index (χ3v) is 6.90. The van der Waals surface area contributed by atoms with Crippen molar-refractivity contribution in [3.05, 3.63) is 140 Å². The monoisotopic (exact) mass is 473 g/mol. The third kappa shape index (κ3) is 3.87. The second-order valence-corrected chi connectivity index (χ2v) is 9.17. The summed E-state index contributed by atoms with van der Waals surface area (Å²) in [5, 5.41) is 2.53. The Labute approximate surface area is 215 Å². The molecule has 0 unspecified atom stereocenters. The topological polar surface area (TPSA) is 30.2 Å². The van der Waals surface area contributed by atoms with Crippen LogP contribution in [0.15, 0.2) is 140 Å². The van der Waals surface area contributed by atoms with E-state index in [0.717, 1.165) is 28.3 Å². The first kappa shape index (κ1) is 21.3. The van der Waals surface area contributed by atoms with Gasteiger partial charge < -0.3 is 0 Å². The first-order chi connectivity index (χ1) is 18.3. The maximum absolute atomic E-state index is 4.90. The van der Waals surface area contributed by atoms with Crippen molar-refractivity contribution in [3.8, 4) is 44.9 Å².